The van der Waals surface area contributed by atoms with Crippen molar-refractivity contribution in [2.24, 2.45) is 0 Å². The minimum atomic E-state index is -0.328. The fourth-order valence-corrected chi connectivity index (χ4v) is 5.24. The molecule has 2 amide bonds. The van der Waals surface area contributed by atoms with Crippen LogP contribution in [0.4, 0.5) is 4.79 Å². The van der Waals surface area contributed by atoms with Crippen molar-refractivity contribution in [2.75, 3.05) is 0 Å². The van der Waals surface area contributed by atoms with Gasteiger partial charge < -0.3 is 10.6 Å². The minimum Gasteiger partial charge on any atom is -0.335 e. The zero-order valence-electron chi connectivity index (χ0n) is 19.1. The summed E-state index contributed by atoms with van der Waals surface area (Å²) in [5, 5.41) is 16.6. The molecular formula is C25H30ClN5OS. The van der Waals surface area contributed by atoms with Crippen molar-refractivity contribution < 1.29 is 4.79 Å². The van der Waals surface area contributed by atoms with Gasteiger partial charge in [-0.05, 0) is 49.9 Å². The molecule has 1 unspecified atom stereocenters. The Morgan fingerprint density at radius 1 is 1.15 bits per heavy atom. The van der Waals surface area contributed by atoms with Gasteiger partial charge >= 0.3 is 6.03 Å². The first-order valence-electron chi connectivity index (χ1n) is 11.5. The Morgan fingerprint density at radius 3 is 2.67 bits per heavy atom. The molecule has 1 aromatic heterocycles. The summed E-state index contributed by atoms with van der Waals surface area (Å²) in [6, 6.07) is 15.8. The number of nitrogens with one attached hydrogen (secondary N) is 2. The third-order valence-corrected chi connectivity index (χ3v) is 7.19. The van der Waals surface area contributed by atoms with Crippen molar-refractivity contribution in [1.29, 1.82) is 0 Å². The quantitative estimate of drug-likeness (QED) is 0.391. The first-order valence-corrected chi connectivity index (χ1v) is 12.8. The van der Waals surface area contributed by atoms with E-state index in [4.69, 9.17) is 11.6 Å². The molecular weight excluding hydrogens is 454 g/mol. The normalized spacial score (nSPS) is 15.2. The second-order valence-corrected chi connectivity index (χ2v) is 9.93. The Morgan fingerprint density at radius 2 is 1.91 bits per heavy atom. The van der Waals surface area contributed by atoms with Crippen LogP contribution in [0.25, 0.3) is 5.69 Å². The SMILES string of the molecule is Cc1ccc(Cl)cc1-n1c(SCc2ccccc2)nnc1C(C)NC(=O)NC1CCCCC1. The Kier molecular flexibility index (Phi) is 7.93. The van der Waals surface area contributed by atoms with Crippen LogP contribution in [0.2, 0.25) is 5.02 Å². The average molecular weight is 484 g/mol. The average Bonchev–Trinajstić information content (AvgIpc) is 3.24. The van der Waals surface area contributed by atoms with E-state index >= 15 is 0 Å². The lowest BCUT2D eigenvalue weighted by atomic mass is 9.96. The predicted molar refractivity (Wildman–Crippen MR) is 134 cm³/mol. The molecule has 1 aliphatic carbocycles. The summed E-state index contributed by atoms with van der Waals surface area (Å²) in [6.45, 7) is 3.97. The number of carbonyl (C=O) groups is 1. The molecule has 6 nitrogen and oxygen atoms in total. The number of aromatic nitrogens is 3. The number of carbonyl (C=O) groups excluding carboxylic acids is 1. The van der Waals surface area contributed by atoms with Gasteiger partial charge in [-0.3, -0.25) is 4.57 Å². The van der Waals surface area contributed by atoms with Crippen molar-refractivity contribution in [3.63, 3.8) is 0 Å². The van der Waals surface area contributed by atoms with Gasteiger partial charge in [-0.15, -0.1) is 10.2 Å². The Hall–Kier alpha value is -2.51. The molecule has 2 aromatic carbocycles. The molecule has 1 atom stereocenters. The third-order valence-electron chi connectivity index (χ3n) is 5.96. The van der Waals surface area contributed by atoms with Gasteiger partial charge in [0.1, 0.15) is 0 Å². The Balaban J connectivity index is 1.57. The molecule has 1 heterocycles. The van der Waals surface area contributed by atoms with E-state index in [0.717, 1.165) is 35.0 Å². The second kappa shape index (κ2) is 11.1. The van der Waals surface area contributed by atoms with Crippen molar-refractivity contribution >= 4 is 29.4 Å². The van der Waals surface area contributed by atoms with Gasteiger partial charge in [0.25, 0.3) is 0 Å². The maximum absolute atomic E-state index is 12.7. The van der Waals surface area contributed by atoms with E-state index in [1.807, 2.05) is 54.8 Å². The Bertz CT molecular complexity index is 1080. The van der Waals surface area contributed by atoms with Crippen LogP contribution >= 0.6 is 23.4 Å². The van der Waals surface area contributed by atoms with Gasteiger partial charge in [-0.1, -0.05) is 79.0 Å². The third kappa shape index (κ3) is 6.09. The van der Waals surface area contributed by atoms with Crippen LogP contribution < -0.4 is 10.6 Å². The molecule has 1 saturated carbocycles. The summed E-state index contributed by atoms with van der Waals surface area (Å²) >= 11 is 7.96. The van der Waals surface area contributed by atoms with E-state index in [1.54, 1.807) is 11.8 Å². The largest absolute Gasteiger partial charge is 0.335 e. The van der Waals surface area contributed by atoms with Crippen LogP contribution in [0.5, 0.6) is 0 Å². The van der Waals surface area contributed by atoms with E-state index < -0.39 is 0 Å². The van der Waals surface area contributed by atoms with Crippen LogP contribution in [0, 0.1) is 6.92 Å². The molecule has 2 N–H and O–H groups in total. The van der Waals surface area contributed by atoms with Crippen LogP contribution in [0.15, 0.2) is 53.7 Å². The first-order chi connectivity index (χ1) is 16.0. The predicted octanol–water partition coefficient (Wildman–Crippen LogP) is 6.21. The van der Waals surface area contributed by atoms with Gasteiger partial charge in [-0.25, -0.2) is 4.79 Å². The lowest BCUT2D eigenvalue weighted by Crippen LogP contribution is -2.44. The summed E-state index contributed by atoms with van der Waals surface area (Å²) in [6.07, 6.45) is 5.68. The van der Waals surface area contributed by atoms with Gasteiger partial charge in [0.05, 0.1) is 11.7 Å². The number of nitrogens with zero attached hydrogens (tertiary/aromatic N) is 3. The topological polar surface area (TPSA) is 71.8 Å². The Labute approximate surface area is 204 Å². The number of amides is 2. The molecule has 0 bridgehead atoms. The highest BCUT2D eigenvalue weighted by Gasteiger charge is 2.23. The van der Waals surface area contributed by atoms with Gasteiger partial charge in [0.15, 0.2) is 11.0 Å². The zero-order valence-corrected chi connectivity index (χ0v) is 20.6. The number of aryl methyl sites for hydroxylation is 1. The highest BCUT2D eigenvalue weighted by Crippen LogP contribution is 2.30. The molecule has 0 aliphatic heterocycles. The number of hydrogen-bond donors (Lipinski definition) is 2. The van der Waals surface area contributed by atoms with Crippen LogP contribution in [0.1, 0.15) is 62.0 Å². The summed E-state index contributed by atoms with van der Waals surface area (Å²) in [4.78, 5) is 12.7. The summed E-state index contributed by atoms with van der Waals surface area (Å²) in [5.41, 5.74) is 3.18. The summed E-state index contributed by atoms with van der Waals surface area (Å²) < 4.78 is 2.01. The monoisotopic (exact) mass is 483 g/mol. The molecule has 1 fully saturated rings. The fourth-order valence-electron chi connectivity index (χ4n) is 4.16. The minimum absolute atomic E-state index is 0.162. The standard InChI is InChI=1S/C25H30ClN5OS/c1-17-13-14-20(26)15-22(17)31-23(18(2)27-24(32)28-21-11-7-4-8-12-21)29-30-25(31)33-16-19-9-5-3-6-10-19/h3,5-6,9-10,13-15,18,21H,4,7-8,11-12,16H2,1-2H3,(H2,27,28,32). The van der Waals surface area contributed by atoms with Crippen molar-refractivity contribution in [1.82, 2.24) is 25.4 Å². The second-order valence-electron chi connectivity index (χ2n) is 8.56. The number of thioether (sulfide) groups is 1. The number of rotatable bonds is 7. The van der Waals surface area contributed by atoms with Crippen LogP contribution in [-0.4, -0.2) is 26.8 Å². The van der Waals surface area contributed by atoms with E-state index in [1.165, 1.54) is 24.8 Å². The van der Waals surface area contributed by atoms with Crippen LogP contribution in [-0.2, 0) is 5.75 Å². The molecule has 174 valence electrons. The van der Waals surface area contributed by atoms with E-state index in [0.29, 0.717) is 10.8 Å². The lowest BCUT2D eigenvalue weighted by Gasteiger charge is -2.24. The number of hydrogen-bond acceptors (Lipinski definition) is 4. The van der Waals surface area contributed by atoms with Gasteiger partial charge in [0, 0.05) is 16.8 Å². The number of halogens is 1. The molecule has 3 aromatic rings. The molecule has 8 heteroatoms. The van der Waals surface area contributed by atoms with Gasteiger partial charge in [0.2, 0.25) is 0 Å². The van der Waals surface area contributed by atoms with E-state index in [2.05, 4.69) is 33.0 Å². The lowest BCUT2D eigenvalue weighted by molar-refractivity contribution is 0.229. The first kappa shape index (κ1) is 23.6. The number of benzene rings is 2. The van der Waals surface area contributed by atoms with Crippen molar-refractivity contribution in [3.05, 3.63) is 70.5 Å². The summed E-state index contributed by atoms with van der Waals surface area (Å²) in [5.74, 6) is 1.44. The van der Waals surface area contributed by atoms with Crippen LogP contribution in [0.3, 0.4) is 0 Å². The van der Waals surface area contributed by atoms with Crippen molar-refractivity contribution in [3.8, 4) is 5.69 Å². The molecule has 0 saturated heterocycles. The maximum Gasteiger partial charge on any atom is 0.315 e. The highest BCUT2D eigenvalue weighted by molar-refractivity contribution is 7.98. The summed E-state index contributed by atoms with van der Waals surface area (Å²) in [7, 11) is 0. The fraction of sp³-hybridized carbons (Fsp3) is 0.400. The molecule has 4 rings (SSSR count). The highest BCUT2D eigenvalue weighted by atomic mass is 35.5. The number of urea groups is 1. The zero-order chi connectivity index (χ0) is 23.2. The molecule has 33 heavy (non-hydrogen) atoms. The molecule has 0 radical (unpaired) electrons. The van der Waals surface area contributed by atoms with E-state index in [-0.39, 0.29) is 18.1 Å². The smallest absolute Gasteiger partial charge is 0.315 e. The molecule has 1 aliphatic rings. The van der Waals surface area contributed by atoms with Crippen molar-refractivity contribution in [2.45, 2.75) is 68.9 Å². The van der Waals surface area contributed by atoms with Gasteiger partial charge in [-0.2, -0.15) is 0 Å². The van der Waals surface area contributed by atoms with E-state index in [9.17, 15) is 4.79 Å². The molecule has 0 spiro atoms. The maximum atomic E-state index is 12.7.